The standard InChI is InChI=1S/C14H12N4O3/c1-9-7-16-11(8-15-9)14(21)18-12-4-2-3-10(17-12)5-6-13(19)20/h2-8H,1H3,(H,19,20)(H,17,18,21). The Morgan fingerprint density at radius 1 is 1.24 bits per heavy atom. The van der Waals surface area contributed by atoms with Gasteiger partial charge in [-0.05, 0) is 25.1 Å². The average molecular weight is 284 g/mol. The van der Waals surface area contributed by atoms with Crippen LogP contribution >= 0.6 is 0 Å². The Bertz CT molecular complexity index is 696. The van der Waals surface area contributed by atoms with Crippen molar-refractivity contribution in [3.8, 4) is 0 Å². The molecule has 0 fully saturated rings. The molecule has 21 heavy (non-hydrogen) atoms. The quantitative estimate of drug-likeness (QED) is 0.825. The SMILES string of the molecule is Cc1cnc(C(=O)Nc2cccc(C=CC(=O)O)n2)cn1. The minimum absolute atomic E-state index is 0.175. The number of aryl methyl sites for hydroxylation is 1. The van der Waals surface area contributed by atoms with Crippen molar-refractivity contribution in [2.45, 2.75) is 6.92 Å². The molecule has 0 aliphatic rings. The van der Waals surface area contributed by atoms with E-state index in [4.69, 9.17) is 5.11 Å². The van der Waals surface area contributed by atoms with Gasteiger partial charge >= 0.3 is 5.97 Å². The summed E-state index contributed by atoms with van der Waals surface area (Å²) in [6.45, 7) is 1.77. The van der Waals surface area contributed by atoms with E-state index in [0.717, 1.165) is 6.08 Å². The molecule has 0 saturated carbocycles. The minimum atomic E-state index is -1.07. The number of carboxylic acid groups (broad SMARTS) is 1. The van der Waals surface area contributed by atoms with Gasteiger partial charge in [-0.25, -0.2) is 14.8 Å². The van der Waals surface area contributed by atoms with E-state index in [1.165, 1.54) is 18.5 Å². The summed E-state index contributed by atoms with van der Waals surface area (Å²) in [5.41, 5.74) is 1.31. The van der Waals surface area contributed by atoms with Gasteiger partial charge in [0.2, 0.25) is 0 Å². The molecule has 2 aromatic rings. The number of anilines is 1. The Morgan fingerprint density at radius 2 is 2.05 bits per heavy atom. The molecule has 0 bridgehead atoms. The van der Waals surface area contributed by atoms with E-state index in [1.54, 1.807) is 25.1 Å². The van der Waals surface area contributed by atoms with Crippen LogP contribution in [0.2, 0.25) is 0 Å². The van der Waals surface area contributed by atoms with Crippen molar-refractivity contribution >= 4 is 23.8 Å². The number of nitrogens with one attached hydrogen (secondary N) is 1. The van der Waals surface area contributed by atoms with Crippen LogP contribution in [0, 0.1) is 6.92 Å². The van der Waals surface area contributed by atoms with Crippen molar-refractivity contribution in [2.24, 2.45) is 0 Å². The van der Waals surface area contributed by atoms with Crippen LogP contribution in [-0.4, -0.2) is 31.9 Å². The van der Waals surface area contributed by atoms with Crippen LogP contribution in [0.25, 0.3) is 6.08 Å². The molecule has 0 unspecified atom stereocenters. The van der Waals surface area contributed by atoms with Gasteiger partial charge in [0.1, 0.15) is 11.5 Å². The van der Waals surface area contributed by atoms with Crippen LogP contribution in [0.4, 0.5) is 5.82 Å². The summed E-state index contributed by atoms with van der Waals surface area (Å²) in [5.74, 6) is -1.20. The first kappa shape index (κ1) is 14.3. The summed E-state index contributed by atoms with van der Waals surface area (Å²) in [5, 5.41) is 11.1. The first-order valence-electron chi connectivity index (χ1n) is 6.02. The number of amides is 1. The summed E-state index contributed by atoms with van der Waals surface area (Å²) in [6, 6.07) is 4.88. The van der Waals surface area contributed by atoms with E-state index in [9.17, 15) is 9.59 Å². The zero-order valence-electron chi connectivity index (χ0n) is 11.1. The molecule has 7 heteroatoms. The Balaban J connectivity index is 2.12. The van der Waals surface area contributed by atoms with Crippen LogP contribution in [0.5, 0.6) is 0 Å². The monoisotopic (exact) mass is 284 g/mol. The van der Waals surface area contributed by atoms with E-state index >= 15 is 0 Å². The van der Waals surface area contributed by atoms with Gasteiger partial charge in [-0.15, -0.1) is 0 Å². The molecule has 2 N–H and O–H groups in total. The molecule has 1 amide bonds. The molecule has 0 aliphatic heterocycles. The van der Waals surface area contributed by atoms with E-state index in [1.807, 2.05) is 0 Å². The summed E-state index contributed by atoms with van der Waals surface area (Å²) in [4.78, 5) is 34.4. The summed E-state index contributed by atoms with van der Waals surface area (Å²) in [6.07, 6.45) is 5.18. The van der Waals surface area contributed by atoms with Gasteiger partial charge in [0.25, 0.3) is 5.91 Å². The Labute approximate surface area is 120 Å². The zero-order valence-corrected chi connectivity index (χ0v) is 11.1. The van der Waals surface area contributed by atoms with Crippen molar-refractivity contribution in [3.63, 3.8) is 0 Å². The van der Waals surface area contributed by atoms with Crippen LogP contribution in [-0.2, 0) is 4.79 Å². The molecule has 0 spiro atoms. The second-order valence-electron chi connectivity index (χ2n) is 4.12. The predicted molar refractivity (Wildman–Crippen MR) is 75.6 cm³/mol. The Hall–Kier alpha value is -3.09. The summed E-state index contributed by atoms with van der Waals surface area (Å²) in [7, 11) is 0. The fourth-order valence-electron chi connectivity index (χ4n) is 1.46. The minimum Gasteiger partial charge on any atom is -0.478 e. The first-order chi connectivity index (χ1) is 10.0. The van der Waals surface area contributed by atoms with Crippen molar-refractivity contribution < 1.29 is 14.7 Å². The van der Waals surface area contributed by atoms with Crippen molar-refractivity contribution in [2.75, 3.05) is 5.32 Å². The maximum atomic E-state index is 11.9. The van der Waals surface area contributed by atoms with E-state index in [-0.39, 0.29) is 5.69 Å². The number of carbonyl (C=O) groups excluding carboxylic acids is 1. The molecule has 0 aliphatic carbocycles. The lowest BCUT2D eigenvalue weighted by atomic mass is 10.3. The predicted octanol–water partition coefficient (Wildman–Crippen LogP) is 1.53. The number of nitrogens with zero attached hydrogens (tertiary/aromatic N) is 3. The number of carbonyl (C=O) groups is 2. The molecule has 7 nitrogen and oxygen atoms in total. The molecule has 106 valence electrons. The van der Waals surface area contributed by atoms with Crippen molar-refractivity contribution in [1.82, 2.24) is 15.0 Å². The van der Waals surface area contributed by atoms with Crippen LogP contribution < -0.4 is 5.32 Å². The van der Waals surface area contributed by atoms with Gasteiger partial charge in [-0.1, -0.05) is 6.07 Å². The van der Waals surface area contributed by atoms with E-state index in [2.05, 4.69) is 20.3 Å². The topological polar surface area (TPSA) is 105 Å². The van der Waals surface area contributed by atoms with Gasteiger partial charge in [0.15, 0.2) is 0 Å². The van der Waals surface area contributed by atoms with Gasteiger partial charge in [-0.3, -0.25) is 9.78 Å². The summed E-state index contributed by atoms with van der Waals surface area (Å²) < 4.78 is 0. The number of carboxylic acids is 1. The normalized spacial score (nSPS) is 10.5. The third-order valence-electron chi connectivity index (χ3n) is 2.42. The van der Waals surface area contributed by atoms with Crippen molar-refractivity contribution in [3.05, 3.63) is 53.8 Å². The molecule has 0 aromatic carbocycles. The lowest BCUT2D eigenvalue weighted by Gasteiger charge is -2.04. The zero-order chi connectivity index (χ0) is 15.2. The van der Waals surface area contributed by atoms with Crippen molar-refractivity contribution in [1.29, 1.82) is 0 Å². The fourth-order valence-corrected chi connectivity index (χ4v) is 1.46. The lowest BCUT2D eigenvalue weighted by Crippen LogP contribution is -2.15. The third kappa shape index (κ3) is 4.20. The van der Waals surface area contributed by atoms with Crippen LogP contribution in [0.3, 0.4) is 0 Å². The van der Waals surface area contributed by atoms with Gasteiger partial charge in [0.05, 0.1) is 17.6 Å². The molecule has 0 saturated heterocycles. The molecule has 2 rings (SSSR count). The third-order valence-corrected chi connectivity index (χ3v) is 2.42. The van der Waals surface area contributed by atoms with Gasteiger partial charge in [0, 0.05) is 12.3 Å². The number of hydrogen-bond acceptors (Lipinski definition) is 5. The maximum Gasteiger partial charge on any atom is 0.328 e. The molecular formula is C14H12N4O3. The molecule has 2 heterocycles. The largest absolute Gasteiger partial charge is 0.478 e. The molecular weight excluding hydrogens is 272 g/mol. The smallest absolute Gasteiger partial charge is 0.328 e. The lowest BCUT2D eigenvalue weighted by molar-refractivity contribution is -0.131. The highest BCUT2D eigenvalue weighted by Gasteiger charge is 2.08. The molecule has 2 aromatic heterocycles. The summed E-state index contributed by atoms with van der Waals surface area (Å²) >= 11 is 0. The first-order valence-corrected chi connectivity index (χ1v) is 6.02. The number of aromatic nitrogens is 3. The van der Waals surface area contributed by atoms with E-state index in [0.29, 0.717) is 17.2 Å². The van der Waals surface area contributed by atoms with Gasteiger partial charge in [-0.2, -0.15) is 0 Å². The number of aliphatic carboxylic acids is 1. The number of hydrogen-bond donors (Lipinski definition) is 2. The average Bonchev–Trinajstić information content (AvgIpc) is 2.46. The Morgan fingerprint density at radius 3 is 2.71 bits per heavy atom. The maximum absolute atomic E-state index is 11.9. The number of rotatable bonds is 4. The highest BCUT2D eigenvalue weighted by molar-refractivity contribution is 6.02. The van der Waals surface area contributed by atoms with E-state index < -0.39 is 11.9 Å². The number of pyridine rings is 1. The second-order valence-corrected chi connectivity index (χ2v) is 4.12. The Kier molecular flexibility index (Phi) is 4.35. The highest BCUT2D eigenvalue weighted by Crippen LogP contribution is 2.08. The van der Waals surface area contributed by atoms with Gasteiger partial charge < -0.3 is 10.4 Å². The highest BCUT2D eigenvalue weighted by atomic mass is 16.4. The van der Waals surface area contributed by atoms with Crippen LogP contribution in [0.15, 0.2) is 36.7 Å². The van der Waals surface area contributed by atoms with Crippen LogP contribution in [0.1, 0.15) is 21.9 Å². The molecule has 0 radical (unpaired) electrons. The fraction of sp³-hybridized carbons (Fsp3) is 0.0714. The second kappa shape index (κ2) is 6.38. The molecule has 0 atom stereocenters.